The number of hydrogen-bond acceptors (Lipinski definition) is 4. The molecule has 2 unspecified atom stereocenters. The number of piperidine rings is 2. The van der Waals surface area contributed by atoms with Gasteiger partial charge >= 0.3 is 6.16 Å². The van der Waals surface area contributed by atoms with E-state index >= 15 is 0 Å². The lowest BCUT2D eigenvalue weighted by Gasteiger charge is -2.47. The standard InChI is InChI=1S/C17H20FN3O.CH2O3/c1-2-20-6-5-17(22)13-7-14(18)16(8-15(13)20)21-10-11-3-4-12(21)9-19-11;2-1(3)4/h5-8,11-12,19H,2-4,9-10H2,1H3;(H2,2,3,4). The van der Waals surface area contributed by atoms with Crippen LogP contribution >= 0.6 is 0 Å². The van der Waals surface area contributed by atoms with Crippen molar-refractivity contribution in [2.75, 3.05) is 18.0 Å². The molecule has 0 radical (unpaired) electrons. The van der Waals surface area contributed by atoms with Gasteiger partial charge in [-0.25, -0.2) is 9.18 Å². The first-order valence-electron chi connectivity index (χ1n) is 8.65. The van der Waals surface area contributed by atoms with Crippen LogP contribution in [0.4, 0.5) is 14.9 Å². The summed E-state index contributed by atoms with van der Waals surface area (Å²) in [6.07, 6.45) is 2.22. The maximum atomic E-state index is 14.6. The van der Waals surface area contributed by atoms with E-state index in [4.69, 9.17) is 15.0 Å². The minimum absolute atomic E-state index is 0.119. The molecule has 1 aromatic heterocycles. The first kappa shape index (κ1) is 18.2. The number of rotatable bonds is 2. The number of aromatic nitrogens is 1. The van der Waals surface area contributed by atoms with Gasteiger partial charge in [0.25, 0.3) is 0 Å². The number of nitrogens with one attached hydrogen (secondary N) is 1. The molecule has 3 saturated heterocycles. The average Bonchev–Trinajstić information content (AvgIpc) is 2.62. The summed E-state index contributed by atoms with van der Waals surface area (Å²) < 4.78 is 16.6. The molecule has 5 rings (SSSR count). The molecular formula is C18H22FN3O4. The highest BCUT2D eigenvalue weighted by Crippen LogP contribution is 2.32. The van der Waals surface area contributed by atoms with Crippen molar-refractivity contribution in [3.8, 4) is 0 Å². The Bertz CT molecular complexity index is 871. The molecule has 3 aliphatic rings. The fraction of sp³-hybridized carbons (Fsp3) is 0.444. The summed E-state index contributed by atoms with van der Waals surface area (Å²) >= 11 is 0. The predicted octanol–water partition coefficient (Wildman–Crippen LogP) is 2.32. The van der Waals surface area contributed by atoms with Crippen LogP contribution in [0.3, 0.4) is 0 Å². The van der Waals surface area contributed by atoms with Gasteiger partial charge in [0.15, 0.2) is 5.43 Å². The van der Waals surface area contributed by atoms with Crippen LogP contribution in [0.1, 0.15) is 19.8 Å². The Balaban J connectivity index is 0.000000447. The van der Waals surface area contributed by atoms with Crippen molar-refractivity contribution in [2.24, 2.45) is 0 Å². The highest BCUT2D eigenvalue weighted by atomic mass is 19.1. The zero-order valence-electron chi connectivity index (χ0n) is 14.5. The van der Waals surface area contributed by atoms with Crippen LogP contribution in [-0.2, 0) is 6.54 Å². The van der Waals surface area contributed by atoms with E-state index in [1.165, 1.54) is 12.1 Å². The number of pyridine rings is 1. The van der Waals surface area contributed by atoms with E-state index in [2.05, 4.69) is 10.2 Å². The average molecular weight is 363 g/mol. The van der Waals surface area contributed by atoms with Crippen molar-refractivity contribution < 1.29 is 19.4 Å². The second-order valence-corrected chi connectivity index (χ2v) is 6.56. The largest absolute Gasteiger partial charge is 0.503 e. The molecule has 4 heterocycles. The first-order valence-corrected chi connectivity index (χ1v) is 8.65. The zero-order valence-corrected chi connectivity index (χ0v) is 14.5. The Labute approximate surface area is 149 Å². The molecule has 26 heavy (non-hydrogen) atoms. The molecule has 1 aromatic carbocycles. The second kappa shape index (κ2) is 7.33. The zero-order chi connectivity index (χ0) is 18.8. The molecule has 140 valence electrons. The number of halogens is 1. The van der Waals surface area contributed by atoms with E-state index in [1.807, 2.05) is 17.6 Å². The third kappa shape index (κ3) is 3.50. The molecule has 0 aliphatic carbocycles. The molecule has 2 bridgehead atoms. The fourth-order valence-corrected chi connectivity index (χ4v) is 3.81. The topological polar surface area (TPSA) is 94.8 Å². The van der Waals surface area contributed by atoms with Crippen LogP contribution in [0.15, 0.2) is 29.2 Å². The van der Waals surface area contributed by atoms with Crippen LogP contribution in [0, 0.1) is 5.82 Å². The van der Waals surface area contributed by atoms with E-state index in [-0.39, 0.29) is 11.2 Å². The number of fused-ring (bicyclic) bond motifs is 4. The molecule has 0 amide bonds. The van der Waals surface area contributed by atoms with Gasteiger partial charge in [0.2, 0.25) is 0 Å². The summed E-state index contributed by atoms with van der Waals surface area (Å²) in [6.45, 7) is 4.54. The third-order valence-electron chi connectivity index (χ3n) is 5.04. The fourth-order valence-electron chi connectivity index (χ4n) is 3.81. The van der Waals surface area contributed by atoms with Gasteiger partial charge in [-0.3, -0.25) is 4.79 Å². The van der Waals surface area contributed by atoms with Crippen molar-refractivity contribution in [2.45, 2.75) is 38.4 Å². The van der Waals surface area contributed by atoms with Gasteiger partial charge in [0.05, 0.1) is 11.2 Å². The first-order chi connectivity index (χ1) is 12.4. The van der Waals surface area contributed by atoms with E-state index in [0.29, 0.717) is 23.2 Å². The number of piperazine rings is 1. The molecule has 0 saturated carbocycles. The molecule has 8 heteroatoms. The summed E-state index contributed by atoms with van der Waals surface area (Å²) in [4.78, 5) is 22.7. The van der Waals surface area contributed by atoms with Gasteiger partial charge in [-0.1, -0.05) is 0 Å². The van der Waals surface area contributed by atoms with Crippen LogP contribution < -0.4 is 15.6 Å². The molecule has 3 fully saturated rings. The van der Waals surface area contributed by atoms with Gasteiger partial charge < -0.3 is 25.0 Å². The summed E-state index contributed by atoms with van der Waals surface area (Å²) in [5.41, 5.74) is 1.34. The predicted molar refractivity (Wildman–Crippen MR) is 96.7 cm³/mol. The van der Waals surface area contributed by atoms with Crippen LogP contribution in [0.25, 0.3) is 10.9 Å². The normalized spacial score (nSPS) is 21.4. The van der Waals surface area contributed by atoms with E-state index in [0.717, 1.165) is 38.0 Å². The van der Waals surface area contributed by atoms with Crippen LogP contribution in [0.5, 0.6) is 0 Å². The molecule has 2 atom stereocenters. The minimum atomic E-state index is -1.83. The van der Waals surface area contributed by atoms with Crippen LogP contribution in [0.2, 0.25) is 0 Å². The van der Waals surface area contributed by atoms with Crippen molar-refractivity contribution in [1.29, 1.82) is 0 Å². The van der Waals surface area contributed by atoms with E-state index in [9.17, 15) is 9.18 Å². The Morgan fingerprint density at radius 2 is 2.08 bits per heavy atom. The number of nitrogens with zero attached hydrogens (tertiary/aromatic N) is 2. The Morgan fingerprint density at radius 3 is 2.62 bits per heavy atom. The Kier molecular flexibility index (Phi) is 5.13. The Hall–Kier alpha value is -2.61. The SMILES string of the molecule is CCn1ccc(=O)c2cc(F)c(N3CC4CCC3CN4)cc21.O=C(O)O. The maximum Gasteiger partial charge on any atom is 0.503 e. The van der Waals surface area contributed by atoms with E-state index in [1.54, 1.807) is 6.20 Å². The maximum absolute atomic E-state index is 14.6. The van der Waals surface area contributed by atoms with Crippen molar-refractivity contribution in [3.05, 3.63) is 40.4 Å². The summed E-state index contributed by atoms with van der Waals surface area (Å²) in [6, 6.07) is 5.58. The third-order valence-corrected chi connectivity index (χ3v) is 5.04. The molecule has 3 N–H and O–H groups in total. The lowest BCUT2D eigenvalue weighted by atomic mass is 9.92. The number of hydrogen-bond donors (Lipinski definition) is 3. The van der Waals surface area contributed by atoms with Crippen molar-refractivity contribution in [3.63, 3.8) is 0 Å². The quantitative estimate of drug-likeness (QED) is 0.758. The molecule has 0 spiro atoms. The number of aryl methyl sites for hydroxylation is 1. The van der Waals surface area contributed by atoms with Gasteiger partial charge in [-0.15, -0.1) is 0 Å². The lowest BCUT2D eigenvalue weighted by molar-refractivity contribution is 0.137. The minimum Gasteiger partial charge on any atom is -0.450 e. The molecule has 3 aliphatic heterocycles. The molecular weight excluding hydrogens is 341 g/mol. The Morgan fingerprint density at radius 1 is 1.35 bits per heavy atom. The smallest absolute Gasteiger partial charge is 0.450 e. The van der Waals surface area contributed by atoms with E-state index < -0.39 is 6.16 Å². The monoisotopic (exact) mass is 363 g/mol. The van der Waals surface area contributed by atoms with Gasteiger partial charge in [-0.05, 0) is 31.9 Å². The van der Waals surface area contributed by atoms with Crippen molar-refractivity contribution in [1.82, 2.24) is 9.88 Å². The summed E-state index contributed by atoms with van der Waals surface area (Å²) in [5, 5.41) is 17.9. The summed E-state index contributed by atoms with van der Waals surface area (Å²) in [5.74, 6) is -0.286. The number of benzene rings is 1. The highest BCUT2D eigenvalue weighted by molar-refractivity contribution is 5.83. The van der Waals surface area contributed by atoms with Crippen molar-refractivity contribution >= 4 is 22.7 Å². The summed E-state index contributed by atoms with van der Waals surface area (Å²) in [7, 11) is 0. The van der Waals surface area contributed by atoms with Crippen LogP contribution in [-0.4, -0.2) is 46.1 Å². The number of carboxylic acid groups (broad SMARTS) is 2. The van der Waals surface area contributed by atoms with Gasteiger partial charge in [0.1, 0.15) is 5.82 Å². The second-order valence-electron chi connectivity index (χ2n) is 6.56. The lowest BCUT2D eigenvalue weighted by Crippen LogP contribution is -2.61. The number of carbonyl (C=O) groups is 1. The molecule has 2 aromatic rings. The highest BCUT2D eigenvalue weighted by Gasteiger charge is 2.34. The van der Waals surface area contributed by atoms with Gasteiger partial charge in [0, 0.05) is 49.4 Å². The molecule has 7 nitrogen and oxygen atoms in total. The number of anilines is 1. The van der Waals surface area contributed by atoms with Gasteiger partial charge in [-0.2, -0.15) is 0 Å².